The van der Waals surface area contributed by atoms with E-state index in [1.165, 1.54) is 60.3 Å². The molecule has 4 aromatic carbocycles. The molecule has 164 valence electrons. The van der Waals surface area contributed by atoms with Crippen LogP contribution < -0.4 is 9.30 Å². The van der Waals surface area contributed by atoms with E-state index in [0.29, 0.717) is 0 Å². The Hall–Kier alpha value is -3.39. The highest BCUT2D eigenvalue weighted by molar-refractivity contribution is 6.13. The Labute approximate surface area is 195 Å². The maximum absolute atomic E-state index is 6.86. The quantitative estimate of drug-likeness (QED) is 0.190. The number of fused-ring (bicyclic) bond motifs is 5. The van der Waals surface area contributed by atoms with Gasteiger partial charge in [0, 0.05) is 17.0 Å². The molecule has 0 aliphatic carbocycles. The minimum Gasteiger partial charge on any atom is -0.455 e. The van der Waals surface area contributed by atoms with Crippen LogP contribution in [0.1, 0.15) is 37.5 Å². The molecule has 0 spiro atoms. The Balaban J connectivity index is 1.72. The first-order valence-electron chi connectivity index (χ1n) is 11.8. The van der Waals surface area contributed by atoms with Crippen LogP contribution in [0.3, 0.4) is 0 Å². The summed E-state index contributed by atoms with van der Waals surface area (Å²) in [6.07, 6.45) is 3.24. The van der Waals surface area contributed by atoms with Crippen molar-refractivity contribution in [2.75, 3.05) is 0 Å². The minimum atomic E-state index is 0.255. The predicted molar refractivity (Wildman–Crippen MR) is 138 cm³/mol. The van der Waals surface area contributed by atoms with E-state index in [4.69, 9.17) is 4.74 Å². The molecule has 2 heterocycles. The summed E-state index contributed by atoms with van der Waals surface area (Å²) in [7, 11) is 2.15. The smallest absolute Gasteiger partial charge is 0.228 e. The van der Waals surface area contributed by atoms with Crippen molar-refractivity contribution in [3.05, 3.63) is 77.5 Å². The molecule has 0 unspecified atom stereocenters. The predicted octanol–water partition coefficient (Wildman–Crippen LogP) is 7.95. The van der Waals surface area contributed by atoms with E-state index in [-0.39, 0.29) is 5.41 Å². The van der Waals surface area contributed by atoms with Crippen molar-refractivity contribution in [2.24, 2.45) is 12.5 Å². The van der Waals surface area contributed by atoms with Gasteiger partial charge in [-0.05, 0) is 64.4 Å². The molecule has 0 N–H and O–H groups in total. The summed E-state index contributed by atoms with van der Waals surface area (Å²) in [6, 6.07) is 20.1. The SMILES string of the molecule is Cc1c2c(c(C)c3ccccc13)-c1c3c(c4ccc(CC(C)(C)C)cc4cc3cc[n+]1C)O2. The average Bonchev–Trinajstić information content (AvgIpc) is 2.78. The zero-order chi connectivity index (χ0) is 23.1. The first-order chi connectivity index (χ1) is 15.7. The molecule has 0 atom stereocenters. The summed E-state index contributed by atoms with van der Waals surface area (Å²) >= 11 is 0. The molecule has 1 aliphatic heterocycles. The van der Waals surface area contributed by atoms with Crippen molar-refractivity contribution in [3.8, 4) is 22.8 Å². The standard InChI is InChI=1S/C31H30NO/c1-18-23-9-7-8-10-24(23)19(2)29-26(18)28-27-21(13-14-32(28)6)16-22-15-20(17-31(3,4)5)11-12-25(22)30(27)33-29/h7-16H,17H2,1-6H3/q+1. The van der Waals surface area contributed by atoms with Crippen molar-refractivity contribution >= 4 is 32.3 Å². The van der Waals surface area contributed by atoms with Gasteiger partial charge in [-0.2, -0.15) is 0 Å². The number of hydrogen-bond acceptors (Lipinski definition) is 1. The van der Waals surface area contributed by atoms with E-state index in [0.717, 1.165) is 17.9 Å². The van der Waals surface area contributed by atoms with Crippen molar-refractivity contribution in [3.63, 3.8) is 0 Å². The van der Waals surface area contributed by atoms with E-state index < -0.39 is 0 Å². The zero-order valence-electron chi connectivity index (χ0n) is 20.3. The van der Waals surface area contributed by atoms with Crippen LogP contribution in [0.15, 0.2) is 60.8 Å². The summed E-state index contributed by atoms with van der Waals surface area (Å²) in [5.74, 6) is 1.98. The Morgan fingerprint density at radius 1 is 0.788 bits per heavy atom. The molecule has 1 aromatic heterocycles. The van der Waals surface area contributed by atoms with Crippen LogP contribution in [0.5, 0.6) is 11.5 Å². The number of pyridine rings is 1. The molecule has 6 rings (SSSR count). The monoisotopic (exact) mass is 432 g/mol. The molecule has 2 heteroatoms. The highest BCUT2D eigenvalue weighted by atomic mass is 16.5. The second kappa shape index (κ2) is 6.81. The van der Waals surface area contributed by atoms with Gasteiger partial charge < -0.3 is 4.74 Å². The average molecular weight is 433 g/mol. The van der Waals surface area contributed by atoms with Crippen LogP contribution in [0.2, 0.25) is 0 Å². The molecule has 0 fully saturated rings. The van der Waals surface area contributed by atoms with Crippen molar-refractivity contribution in [1.29, 1.82) is 0 Å². The van der Waals surface area contributed by atoms with Crippen molar-refractivity contribution in [1.82, 2.24) is 0 Å². The van der Waals surface area contributed by atoms with Gasteiger partial charge in [0.05, 0.1) is 10.9 Å². The summed E-state index contributed by atoms with van der Waals surface area (Å²) in [4.78, 5) is 0. The van der Waals surface area contributed by atoms with Gasteiger partial charge in [-0.1, -0.05) is 63.2 Å². The van der Waals surface area contributed by atoms with Gasteiger partial charge in [-0.3, -0.25) is 0 Å². The van der Waals surface area contributed by atoms with E-state index in [2.05, 4.69) is 107 Å². The lowest BCUT2D eigenvalue weighted by Gasteiger charge is -2.25. The van der Waals surface area contributed by atoms with Crippen molar-refractivity contribution < 1.29 is 9.30 Å². The second-order valence-electron chi connectivity index (χ2n) is 10.8. The lowest BCUT2D eigenvalue weighted by molar-refractivity contribution is -0.659. The Kier molecular flexibility index (Phi) is 4.17. The third-order valence-electron chi connectivity index (χ3n) is 7.11. The first-order valence-corrected chi connectivity index (χ1v) is 11.8. The molecule has 1 aliphatic rings. The van der Waals surface area contributed by atoms with E-state index >= 15 is 0 Å². The van der Waals surface area contributed by atoms with E-state index in [1.807, 2.05) is 0 Å². The number of aryl methyl sites for hydroxylation is 3. The minimum absolute atomic E-state index is 0.255. The summed E-state index contributed by atoms with van der Waals surface area (Å²) in [6.45, 7) is 11.3. The van der Waals surface area contributed by atoms with Gasteiger partial charge in [0.15, 0.2) is 6.20 Å². The van der Waals surface area contributed by atoms with Crippen LogP contribution in [-0.4, -0.2) is 0 Å². The maximum atomic E-state index is 6.86. The van der Waals surface area contributed by atoms with Gasteiger partial charge in [0.1, 0.15) is 18.5 Å². The molecule has 0 amide bonds. The molecule has 0 radical (unpaired) electrons. The topological polar surface area (TPSA) is 13.1 Å². The third kappa shape index (κ3) is 2.97. The lowest BCUT2D eigenvalue weighted by atomic mass is 9.86. The largest absolute Gasteiger partial charge is 0.455 e. The molecule has 5 aromatic rings. The Morgan fingerprint density at radius 2 is 1.52 bits per heavy atom. The van der Waals surface area contributed by atoms with Crippen LogP contribution >= 0.6 is 0 Å². The molecule has 33 heavy (non-hydrogen) atoms. The van der Waals surface area contributed by atoms with Crippen LogP contribution in [0.25, 0.3) is 43.6 Å². The van der Waals surface area contributed by atoms with Gasteiger partial charge in [-0.25, -0.2) is 4.57 Å². The van der Waals surface area contributed by atoms with Crippen LogP contribution in [-0.2, 0) is 13.5 Å². The number of nitrogens with zero attached hydrogens (tertiary/aromatic N) is 1. The first kappa shape index (κ1) is 20.2. The molecule has 2 nitrogen and oxygen atoms in total. The number of ether oxygens (including phenoxy) is 1. The summed E-state index contributed by atoms with van der Waals surface area (Å²) < 4.78 is 9.12. The van der Waals surface area contributed by atoms with Gasteiger partial charge in [-0.15, -0.1) is 0 Å². The van der Waals surface area contributed by atoms with Crippen LogP contribution in [0, 0.1) is 19.3 Å². The number of hydrogen-bond donors (Lipinski definition) is 0. The summed E-state index contributed by atoms with van der Waals surface area (Å²) in [5.41, 5.74) is 6.57. The normalized spacial score (nSPS) is 12.9. The maximum Gasteiger partial charge on any atom is 0.228 e. The van der Waals surface area contributed by atoms with Gasteiger partial charge in [0.25, 0.3) is 0 Å². The van der Waals surface area contributed by atoms with Crippen LogP contribution in [0.4, 0.5) is 0 Å². The number of benzene rings is 4. The molecule has 0 saturated heterocycles. The third-order valence-corrected chi connectivity index (χ3v) is 7.11. The van der Waals surface area contributed by atoms with Crippen molar-refractivity contribution in [2.45, 2.75) is 41.0 Å². The highest BCUT2D eigenvalue weighted by Gasteiger charge is 2.32. The number of rotatable bonds is 1. The molecule has 0 saturated carbocycles. The zero-order valence-corrected chi connectivity index (χ0v) is 20.3. The van der Waals surface area contributed by atoms with Gasteiger partial charge >= 0.3 is 0 Å². The van der Waals surface area contributed by atoms with E-state index in [1.54, 1.807) is 0 Å². The fourth-order valence-electron chi connectivity index (χ4n) is 5.66. The van der Waals surface area contributed by atoms with Gasteiger partial charge in [0.2, 0.25) is 5.69 Å². The number of aromatic nitrogens is 1. The molecular weight excluding hydrogens is 402 g/mol. The second-order valence-corrected chi connectivity index (χ2v) is 10.8. The highest BCUT2D eigenvalue weighted by Crippen LogP contribution is 2.52. The molecule has 0 bridgehead atoms. The molecular formula is C31H30NO+. The fraction of sp³-hybridized carbons (Fsp3) is 0.258. The summed E-state index contributed by atoms with van der Waals surface area (Å²) in [5, 5.41) is 7.43. The Bertz CT molecular complexity index is 1620. The fourth-order valence-corrected chi connectivity index (χ4v) is 5.66. The Morgan fingerprint density at radius 3 is 2.24 bits per heavy atom. The van der Waals surface area contributed by atoms with E-state index in [9.17, 15) is 0 Å². The lowest BCUT2D eigenvalue weighted by Crippen LogP contribution is -2.32.